The molecule has 0 saturated carbocycles. The zero-order valence-corrected chi connectivity index (χ0v) is 16.7. The number of furan rings is 1. The molecule has 2 aromatic carbocycles. The molecule has 2 amide bonds. The molecule has 1 heterocycles. The lowest BCUT2D eigenvalue weighted by atomic mass is 10.2. The first kappa shape index (κ1) is 21.4. The number of amides is 2. The van der Waals surface area contributed by atoms with E-state index in [1.165, 1.54) is 6.07 Å². The van der Waals surface area contributed by atoms with Gasteiger partial charge in [-0.05, 0) is 37.7 Å². The van der Waals surface area contributed by atoms with Crippen molar-refractivity contribution in [1.82, 2.24) is 10.2 Å². The lowest BCUT2D eigenvalue weighted by molar-refractivity contribution is -0.124. The highest BCUT2D eigenvalue weighted by Gasteiger charge is 2.19. The topological polar surface area (TPSA) is 74.6 Å². The molecule has 158 valence electrons. The minimum Gasteiger partial charge on any atom is -0.459 e. The highest BCUT2D eigenvalue weighted by Crippen LogP contribution is 2.23. The average molecular weight is 415 g/mol. The van der Waals surface area contributed by atoms with Gasteiger partial charge in [-0.1, -0.05) is 31.2 Å². The third-order valence-corrected chi connectivity index (χ3v) is 4.66. The summed E-state index contributed by atoms with van der Waals surface area (Å²) < 4.78 is 33.1. The smallest absolute Gasteiger partial charge is 0.238 e. The van der Waals surface area contributed by atoms with E-state index in [0.717, 1.165) is 23.1 Å². The van der Waals surface area contributed by atoms with Gasteiger partial charge in [-0.3, -0.25) is 14.5 Å². The fourth-order valence-electron chi connectivity index (χ4n) is 3.06. The summed E-state index contributed by atoms with van der Waals surface area (Å²) in [6.07, 6.45) is 0. The molecule has 3 rings (SSSR count). The van der Waals surface area contributed by atoms with Crippen LogP contribution in [0.2, 0.25) is 0 Å². The van der Waals surface area contributed by atoms with Crippen LogP contribution in [0.3, 0.4) is 0 Å². The molecule has 0 aliphatic heterocycles. The number of benzene rings is 2. The number of carbonyl (C=O) groups is 2. The summed E-state index contributed by atoms with van der Waals surface area (Å²) in [7, 11) is 0. The van der Waals surface area contributed by atoms with Gasteiger partial charge in [0, 0.05) is 5.39 Å². The average Bonchev–Trinajstić information content (AvgIpc) is 3.15. The van der Waals surface area contributed by atoms with Gasteiger partial charge in [0.05, 0.1) is 19.1 Å². The molecule has 1 unspecified atom stereocenters. The number of hydrogen-bond donors (Lipinski definition) is 2. The molecule has 1 aromatic heterocycles. The Morgan fingerprint density at radius 3 is 2.37 bits per heavy atom. The van der Waals surface area contributed by atoms with E-state index < -0.39 is 23.2 Å². The van der Waals surface area contributed by atoms with Crippen LogP contribution in [-0.4, -0.2) is 36.3 Å². The van der Waals surface area contributed by atoms with E-state index in [2.05, 4.69) is 10.6 Å². The molecular formula is C22H23F2N3O3. The summed E-state index contributed by atoms with van der Waals surface area (Å²) in [5, 5.41) is 6.00. The molecule has 0 radical (unpaired) electrons. The summed E-state index contributed by atoms with van der Waals surface area (Å²) in [6.45, 7) is 3.76. The zero-order valence-electron chi connectivity index (χ0n) is 16.7. The molecule has 2 N–H and O–H groups in total. The first-order chi connectivity index (χ1) is 14.4. The molecule has 1 atom stereocenters. The number of rotatable bonds is 8. The standard InChI is InChI=1S/C22H23F2N3O3/c1-3-27(13-21(29)26-22-16(23)8-6-9-17(22)24)12-20(28)25-14(2)19-11-15-7-4-5-10-18(15)30-19/h4-11,14H,3,12-13H2,1-2H3,(H,25,28)(H,26,29). The van der Waals surface area contributed by atoms with Crippen LogP contribution in [0.25, 0.3) is 11.0 Å². The molecular weight excluding hydrogens is 392 g/mol. The van der Waals surface area contributed by atoms with Gasteiger partial charge in [-0.15, -0.1) is 0 Å². The number of likely N-dealkylation sites (N-methyl/N-ethyl adjacent to an activating group) is 1. The van der Waals surface area contributed by atoms with Gasteiger partial charge in [-0.2, -0.15) is 0 Å². The summed E-state index contributed by atoms with van der Waals surface area (Å²) in [5.41, 5.74) is 0.238. The molecule has 3 aromatic rings. The van der Waals surface area contributed by atoms with Crippen LogP contribution in [0.4, 0.5) is 14.5 Å². The Bertz CT molecular complexity index is 998. The number of fused-ring (bicyclic) bond motifs is 1. The van der Waals surface area contributed by atoms with Crippen molar-refractivity contribution in [3.05, 3.63) is 65.9 Å². The monoisotopic (exact) mass is 415 g/mol. The van der Waals surface area contributed by atoms with E-state index in [9.17, 15) is 18.4 Å². The molecule has 0 aliphatic carbocycles. The molecule has 6 nitrogen and oxygen atoms in total. The summed E-state index contributed by atoms with van der Waals surface area (Å²) in [6, 6.07) is 12.4. The second-order valence-corrected chi connectivity index (χ2v) is 6.92. The van der Waals surface area contributed by atoms with Gasteiger partial charge in [0.2, 0.25) is 11.8 Å². The number of para-hydroxylation sites is 2. The Kier molecular flexibility index (Phi) is 6.79. The van der Waals surface area contributed by atoms with Gasteiger partial charge < -0.3 is 15.1 Å². The number of nitrogens with one attached hydrogen (secondary N) is 2. The predicted molar refractivity (Wildman–Crippen MR) is 110 cm³/mol. The van der Waals surface area contributed by atoms with Crippen molar-refractivity contribution < 1.29 is 22.8 Å². The van der Waals surface area contributed by atoms with Crippen molar-refractivity contribution in [2.75, 3.05) is 25.0 Å². The Morgan fingerprint density at radius 2 is 1.70 bits per heavy atom. The minimum absolute atomic E-state index is 0.0474. The molecule has 0 saturated heterocycles. The van der Waals surface area contributed by atoms with Crippen molar-refractivity contribution >= 4 is 28.5 Å². The SMILES string of the molecule is CCN(CC(=O)Nc1c(F)cccc1F)CC(=O)NC(C)c1cc2ccccc2o1. The van der Waals surface area contributed by atoms with Crippen LogP contribution in [0.15, 0.2) is 52.9 Å². The number of carbonyl (C=O) groups excluding carboxylic acids is 2. The fourth-order valence-corrected chi connectivity index (χ4v) is 3.06. The van der Waals surface area contributed by atoms with Crippen LogP contribution in [0.1, 0.15) is 25.6 Å². The van der Waals surface area contributed by atoms with Crippen molar-refractivity contribution in [2.45, 2.75) is 19.9 Å². The summed E-state index contributed by atoms with van der Waals surface area (Å²) >= 11 is 0. The lowest BCUT2D eigenvalue weighted by Crippen LogP contribution is -2.41. The second-order valence-electron chi connectivity index (χ2n) is 6.92. The van der Waals surface area contributed by atoms with E-state index in [-0.39, 0.29) is 25.0 Å². The first-order valence-corrected chi connectivity index (χ1v) is 9.61. The highest BCUT2D eigenvalue weighted by molar-refractivity contribution is 5.93. The van der Waals surface area contributed by atoms with Crippen molar-refractivity contribution in [2.24, 2.45) is 0 Å². The van der Waals surface area contributed by atoms with E-state index in [1.807, 2.05) is 30.3 Å². The summed E-state index contributed by atoms with van der Waals surface area (Å²) in [5.74, 6) is -2.00. The lowest BCUT2D eigenvalue weighted by Gasteiger charge is -2.20. The molecule has 0 fully saturated rings. The Hall–Kier alpha value is -3.26. The van der Waals surface area contributed by atoms with Gasteiger partial charge in [0.15, 0.2) is 0 Å². The van der Waals surface area contributed by atoms with Crippen LogP contribution in [0.5, 0.6) is 0 Å². The zero-order chi connectivity index (χ0) is 21.7. The van der Waals surface area contributed by atoms with E-state index in [0.29, 0.717) is 12.3 Å². The third kappa shape index (κ3) is 5.21. The van der Waals surface area contributed by atoms with E-state index in [4.69, 9.17) is 4.42 Å². The van der Waals surface area contributed by atoms with Crippen LogP contribution < -0.4 is 10.6 Å². The predicted octanol–water partition coefficient (Wildman–Crippen LogP) is 3.85. The molecule has 8 heteroatoms. The Labute approximate surface area is 172 Å². The largest absolute Gasteiger partial charge is 0.459 e. The number of halogens is 2. The van der Waals surface area contributed by atoms with Crippen LogP contribution in [0, 0.1) is 11.6 Å². The maximum absolute atomic E-state index is 13.7. The van der Waals surface area contributed by atoms with Gasteiger partial charge >= 0.3 is 0 Å². The maximum atomic E-state index is 13.7. The quantitative estimate of drug-likeness (QED) is 0.586. The van der Waals surface area contributed by atoms with Crippen LogP contribution in [-0.2, 0) is 9.59 Å². The normalized spacial score (nSPS) is 12.2. The maximum Gasteiger partial charge on any atom is 0.238 e. The molecule has 0 aliphatic rings. The van der Waals surface area contributed by atoms with Crippen molar-refractivity contribution in [3.8, 4) is 0 Å². The van der Waals surface area contributed by atoms with Gasteiger partial charge in [-0.25, -0.2) is 8.78 Å². The first-order valence-electron chi connectivity index (χ1n) is 9.61. The molecule has 30 heavy (non-hydrogen) atoms. The number of anilines is 1. The van der Waals surface area contributed by atoms with E-state index in [1.54, 1.807) is 18.7 Å². The van der Waals surface area contributed by atoms with E-state index >= 15 is 0 Å². The fraction of sp³-hybridized carbons (Fsp3) is 0.273. The Balaban J connectivity index is 1.55. The van der Waals surface area contributed by atoms with Gasteiger partial charge in [0.25, 0.3) is 0 Å². The third-order valence-electron chi connectivity index (χ3n) is 4.66. The molecule has 0 bridgehead atoms. The van der Waals surface area contributed by atoms with Crippen molar-refractivity contribution in [1.29, 1.82) is 0 Å². The number of nitrogens with zero attached hydrogens (tertiary/aromatic N) is 1. The summed E-state index contributed by atoms with van der Waals surface area (Å²) in [4.78, 5) is 26.2. The van der Waals surface area contributed by atoms with Gasteiger partial charge in [0.1, 0.15) is 28.7 Å². The van der Waals surface area contributed by atoms with Crippen LogP contribution >= 0.6 is 0 Å². The van der Waals surface area contributed by atoms with Crippen molar-refractivity contribution in [3.63, 3.8) is 0 Å². The highest BCUT2D eigenvalue weighted by atomic mass is 19.1. The number of hydrogen-bond acceptors (Lipinski definition) is 4. The minimum atomic E-state index is -0.858. The Morgan fingerprint density at radius 1 is 1.03 bits per heavy atom. The molecule has 0 spiro atoms. The second kappa shape index (κ2) is 9.49.